The molecule has 1 aromatic heterocycles. The number of hydrogen-bond acceptors (Lipinski definition) is 12. The molecule has 2 aliphatic heterocycles. The highest BCUT2D eigenvalue weighted by molar-refractivity contribution is 7.09. The second-order valence-electron chi connectivity index (χ2n) is 12.3. The number of esters is 2. The number of hydrogen-bond donors (Lipinski definition) is 0. The third-order valence-electron chi connectivity index (χ3n) is 8.61. The zero-order chi connectivity index (χ0) is 31.9. The highest BCUT2D eigenvalue weighted by Gasteiger charge is 2.53. The Morgan fingerprint density at radius 1 is 1.14 bits per heavy atom. The van der Waals surface area contributed by atoms with E-state index in [2.05, 4.69) is 4.98 Å². The van der Waals surface area contributed by atoms with Crippen LogP contribution in [0.4, 0.5) is 0 Å². The smallest absolute Gasteiger partial charge is 0.310 e. The molecule has 7 atom stereocenters. The molecule has 0 amide bonds. The Morgan fingerprint density at radius 3 is 2.49 bits per heavy atom. The second kappa shape index (κ2) is 14.6. The Kier molecular flexibility index (Phi) is 11.6. The van der Waals surface area contributed by atoms with E-state index in [9.17, 15) is 24.0 Å². The van der Waals surface area contributed by atoms with Crippen LogP contribution < -0.4 is 0 Å². The first-order chi connectivity index (χ1) is 20.2. The normalized spacial score (nSPS) is 32.1. The Morgan fingerprint density at radius 2 is 1.84 bits per heavy atom. The van der Waals surface area contributed by atoms with Gasteiger partial charge in [-0.25, -0.2) is 4.98 Å². The highest BCUT2D eigenvalue weighted by Crippen LogP contribution is 2.45. The van der Waals surface area contributed by atoms with Crippen molar-refractivity contribution < 1.29 is 47.7 Å². The molecule has 2 fully saturated rings. The number of aromatic nitrogens is 1. The van der Waals surface area contributed by atoms with E-state index < -0.39 is 47.2 Å². The molecular formula is C31H43NO10S. The van der Waals surface area contributed by atoms with E-state index in [4.69, 9.17) is 23.7 Å². The number of thiazole rings is 1. The summed E-state index contributed by atoms with van der Waals surface area (Å²) in [4.78, 5) is 65.5. The molecule has 12 heteroatoms. The number of ketones is 1. The van der Waals surface area contributed by atoms with Gasteiger partial charge in [0, 0.05) is 18.7 Å². The summed E-state index contributed by atoms with van der Waals surface area (Å²) in [6.07, 6.45) is 1.47. The minimum absolute atomic E-state index is 0.0748. The van der Waals surface area contributed by atoms with Crippen LogP contribution in [0.2, 0.25) is 0 Å². The van der Waals surface area contributed by atoms with Crippen molar-refractivity contribution in [3.63, 3.8) is 0 Å². The molecule has 2 aliphatic rings. The zero-order valence-electron chi connectivity index (χ0n) is 26.0. The molecule has 0 aliphatic carbocycles. The summed E-state index contributed by atoms with van der Waals surface area (Å²) in [6.45, 7) is 12.7. The van der Waals surface area contributed by atoms with Gasteiger partial charge >= 0.3 is 11.9 Å². The average molecular weight is 622 g/mol. The molecule has 0 saturated carbocycles. The van der Waals surface area contributed by atoms with Gasteiger partial charge in [0.1, 0.15) is 35.7 Å². The van der Waals surface area contributed by atoms with Crippen LogP contribution in [0, 0.1) is 17.3 Å². The maximum atomic E-state index is 13.7. The fraction of sp³-hybridized carbons (Fsp3) is 0.677. The first-order valence-electron chi connectivity index (χ1n) is 14.6. The van der Waals surface area contributed by atoms with E-state index in [-0.39, 0.29) is 37.3 Å². The van der Waals surface area contributed by atoms with E-state index in [1.54, 1.807) is 20.8 Å². The molecular weight excluding hydrogens is 578 g/mol. The predicted octanol–water partition coefficient (Wildman–Crippen LogP) is 4.59. The molecule has 2 saturated heterocycles. The van der Waals surface area contributed by atoms with Crippen molar-refractivity contribution in [1.82, 2.24) is 4.98 Å². The summed E-state index contributed by atoms with van der Waals surface area (Å²) in [5.74, 6) is -2.16. The fourth-order valence-corrected chi connectivity index (χ4v) is 6.48. The van der Waals surface area contributed by atoms with E-state index in [1.165, 1.54) is 18.3 Å². The number of carbonyl (C=O) groups excluding carboxylic acids is 5. The Labute approximate surface area is 256 Å². The minimum Gasteiger partial charge on any atom is -0.464 e. The van der Waals surface area contributed by atoms with Gasteiger partial charge in [0.05, 0.1) is 35.2 Å². The van der Waals surface area contributed by atoms with Crippen molar-refractivity contribution in [3.05, 3.63) is 21.7 Å². The lowest BCUT2D eigenvalue weighted by Gasteiger charge is -2.36. The molecule has 0 aromatic carbocycles. The molecule has 238 valence electrons. The third kappa shape index (κ3) is 8.95. The average Bonchev–Trinajstić information content (AvgIpc) is 3.34. The van der Waals surface area contributed by atoms with Gasteiger partial charge in [-0.1, -0.05) is 20.3 Å². The summed E-state index contributed by atoms with van der Waals surface area (Å²) in [5.41, 5.74) is -0.321. The molecule has 0 spiro atoms. The molecule has 11 nitrogen and oxygen atoms in total. The van der Waals surface area contributed by atoms with Crippen LogP contribution >= 0.6 is 11.3 Å². The largest absolute Gasteiger partial charge is 0.464 e. The maximum Gasteiger partial charge on any atom is 0.310 e. The number of cyclic esters (lactones) is 1. The van der Waals surface area contributed by atoms with Gasteiger partial charge in [0.25, 0.3) is 12.9 Å². The van der Waals surface area contributed by atoms with Gasteiger partial charge in [0.2, 0.25) is 0 Å². The van der Waals surface area contributed by atoms with Crippen molar-refractivity contribution in [2.75, 3.05) is 0 Å². The Hall–Kier alpha value is -3.12. The van der Waals surface area contributed by atoms with Crippen LogP contribution in [-0.2, 0) is 54.3 Å². The van der Waals surface area contributed by atoms with Crippen molar-refractivity contribution in [2.45, 2.75) is 117 Å². The van der Waals surface area contributed by atoms with E-state index in [0.29, 0.717) is 30.0 Å². The fourth-order valence-electron chi connectivity index (χ4n) is 5.82. The van der Waals surface area contributed by atoms with Gasteiger partial charge in [-0.05, 0) is 58.1 Å². The Balaban J connectivity index is 1.90. The van der Waals surface area contributed by atoms with Crippen molar-refractivity contribution in [1.29, 1.82) is 0 Å². The molecule has 1 aromatic rings. The number of epoxide rings is 1. The van der Waals surface area contributed by atoms with Gasteiger partial charge in [-0.2, -0.15) is 0 Å². The molecule has 0 radical (unpaired) electrons. The zero-order valence-corrected chi connectivity index (χ0v) is 26.8. The number of carbonyl (C=O) groups is 5. The minimum atomic E-state index is -1.28. The lowest BCUT2D eigenvalue weighted by molar-refractivity contribution is -0.161. The molecule has 3 rings (SSSR count). The lowest BCUT2D eigenvalue weighted by Crippen LogP contribution is -2.47. The van der Waals surface area contributed by atoms with Crippen LogP contribution in [-0.4, -0.2) is 65.7 Å². The molecule has 0 N–H and O–H groups in total. The van der Waals surface area contributed by atoms with Crippen molar-refractivity contribution in [3.8, 4) is 0 Å². The number of Topliss-reactive ketones (excluding diaryl/α,β-unsaturated/α-hetero) is 1. The van der Waals surface area contributed by atoms with Gasteiger partial charge < -0.3 is 23.7 Å². The quantitative estimate of drug-likeness (QED) is 0.174. The SMILES string of the molecule is CC(=O)OCc1nc(/C=C(\C)[C@@H]2CC3O[C@]3(C)CCC[C@H](C)[C@H](OC=O)[C@@H](C)C(=O)C(C)(C)[C@@H](OC=O)CC(=O)O2)cs1. The highest BCUT2D eigenvalue weighted by atomic mass is 32.1. The molecule has 1 unspecified atom stereocenters. The second-order valence-corrected chi connectivity index (χ2v) is 13.3. The predicted molar refractivity (Wildman–Crippen MR) is 156 cm³/mol. The van der Waals surface area contributed by atoms with E-state index in [0.717, 1.165) is 18.4 Å². The summed E-state index contributed by atoms with van der Waals surface area (Å²) >= 11 is 1.35. The van der Waals surface area contributed by atoms with E-state index >= 15 is 0 Å². The molecule has 3 heterocycles. The monoisotopic (exact) mass is 621 g/mol. The van der Waals surface area contributed by atoms with Crippen LogP contribution in [0.5, 0.6) is 0 Å². The van der Waals surface area contributed by atoms with Gasteiger partial charge in [-0.15, -0.1) is 11.3 Å². The van der Waals surface area contributed by atoms with Crippen molar-refractivity contribution in [2.24, 2.45) is 17.3 Å². The summed E-state index contributed by atoms with van der Waals surface area (Å²) in [5, 5.41) is 2.45. The topological polar surface area (TPSA) is 148 Å². The Bertz CT molecular complexity index is 1210. The van der Waals surface area contributed by atoms with E-state index in [1.807, 2.05) is 32.2 Å². The number of ether oxygens (including phenoxy) is 5. The first kappa shape index (κ1) is 34.4. The van der Waals surface area contributed by atoms with Crippen LogP contribution in [0.15, 0.2) is 11.0 Å². The lowest BCUT2D eigenvalue weighted by atomic mass is 9.72. The van der Waals surface area contributed by atoms with Crippen LogP contribution in [0.3, 0.4) is 0 Å². The first-order valence-corrected chi connectivity index (χ1v) is 15.5. The van der Waals surface area contributed by atoms with Gasteiger partial charge in [0.15, 0.2) is 0 Å². The molecule has 0 bridgehead atoms. The van der Waals surface area contributed by atoms with Gasteiger partial charge in [-0.3, -0.25) is 24.0 Å². The maximum absolute atomic E-state index is 13.7. The summed E-state index contributed by atoms with van der Waals surface area (Å²) in [7, 11) is 0. The number of nitrogens with zero attached hydrogens (tertiary/aromatic N) is 1. The van der Waals surface area contributed by atoms with Crippen LogP contribution in [0.1, 0.15) is 91.3 Å². The van der Waals surface area contributed by atoms with Crippen LogP contribution in [0.25, 0.3) is 6.08 Å². The van der Waals surface area contributed by atoms with Crippen molar-refractivity contribution >= 4 is 48.1 Å². The molecule has 43 heavy (non-hydrogen) atoms. The number of fused-ring (bicyclic) bond motifs is 1. The third-order valence-corrected chi connectivity index (χ3v) is 9.45. The number of rotatable bonds is 8. The standard InChI is InChI=1S/C31H43NO10S/c1-18-9-8-10-31(7)25(42-31)12-23(19(2)11-22-15-43-26(32-22)14-38-21(4)35)41-27(36)13-24(39-16-33)30(5,6)29(37)20(3)28(18)40-17-34/h11,15-18,20,23-25,28H,8-10,12-14H2,1-7H3/b19-11+/t18-,20+,23-,24-,25?,28-,31+/m0/s1. The summed E-state index contributed by atoms with van der Waals surface area (Å²) in [6, 6.07) is 0. The summed E-state index contributed by atoms with van der Waals surface area (Å²) < 4.78 is 27.8.